The lowest BCUT2D eigenvalue weighted by Gasteiger charge is -2.04. The van der Waals surface area contributed by atoms with E-state index >= 15 is 0 Å². The Morgan fingerprint density at radius 3 is 2.93 bits per heavy atom. The first-order chi connectivity index (χ1) is 7.16. The Morgan fingerprint density at radius 1 is 1.47 bits per heavy atom. The van der Waals surface area contributed by atoms with Crippen LogP contribution in [-0.2, 0) is 13.5 Å². The van der Waals surface area contributed by atoms with E-state index in [2.05, 4.69) is 15.6 Å². The lowest BCUT2D eigenvalue weighted by Crippen LogP contribution is -2.22. The molecule has 4 heteroatoms. The Hall–Kier alpha value is -1.29. The minimum atomic E-state index is 0.135. The molecule has 0 saturated heterocycles. The van der Waals surface area contributed by atoms with Crippen LogP contribution >= 0.6 is 0 Å². The molecule has 0 bridgehead atoms. The number of hydrogen-bond acceptors (Lipinski definition) is 2. The summed E-state index contributed by atoms with van der Waals surface area (Å²) in [5.41, 5.74) is 7.34. The van der Waals surface area contributed by atoms with Gasteiger partial charge in [0.2, 0.25) is 5.78 Å². The SMILES string of the molecule is Cn1ccn2cc(CCC3(N)CC3)nc12. The standard InChI is InChI=1S/C11H16N4/c1-14-6-7-15-8-9(13-10(14)15)2-3-11(12)4-5-11/h6-8H,2-5,12H2,1H3. The summed E-state index contributed by atoms with van der Waals surface area (Å²) >= 11 is 0. The van der Waals surface area contributed by atoms with Gasteiger partial charge in [-0.05, 0) is 25.7 Å². The summed E-state index contributed by atoms with van der Waals surface area (Å²) in [4.78, 5) is 4.57. The summed E-state index contributed by atoms with van der Waals surface area (Å²) < 4.78 is 4.09. The van der Waals surface area contributed by atoms with Crippen LogP contribution in [0.3, 0.4) is 0 Å². The molecule has 2 aromatic heterocycles. The van der Waals surface area contributed by atoms with Gasteiger partial charge < -0.3 is 10.3 Å². The maximum Gasteiger partial charge on any atom is 0.213 e. The topological polar surface area (TPSA) is 48.2 Å². The summed E-state index contributed by atoms with van der Waals surface area (Å²) in [6, 6.07) is 0. The van der Waals surface area contributed by atoms with Gasteiger partial charge >= 0.3 is 0 Å². The van der Waals surface area contributed by atoms with Crippen LogP contribution in [0, 0.1) is 0 Å². The molecular formula is C11H16N4. The normalized spacial score (nSPS) is 18.5. The van der Waals surface area contributed by atoms with Crippen LogP contribution in [0.2, 0.25) is 0 Å². The fourth-order valence-corrected chi connectivity index (χ4v) is 1.95. The van der Waals surface area contributed by atoms with Gasteiger partial charge in [-0.2, -0.15) is 0 Å². The Morgan fingerprint density at radius 2 is 2.27 bits per heavy atom. The zero-order valence-corrected chi connectivity index (χ0v) is 8.98. The van der Waals surface area contributed by atoms with Crippen molar-refractivity contribution in [2.45, 2.75) is 31.2 Å². The maximum atomic E-state index is 6.05. The Labute approximate surface area is 88.7 Å². The van der Waals surface area contributed by atoms with E-state index in [1.54, 1.807) is 0 Å². The quantitative estimate of drug-likeness (QED) is 0.813. The van der Waals surface area contributed by atoms with Crippen LogP contribution < -0.4 is 5.73 Å². The van der Waals surface area contributed by atoms with Crippen molar-refractivity contribution in [1.29, 1.82) is 0 Å². The molecule has 1 fully saturated rings. The van der Waals surface area contributed by atoms with E-state index < -0.39 is 0 Å². The molecule has 0 radical (unpaired) electrons. The number of nitrogens with zero attached hydrogens (tertiary/aromatic N) is 3. The van der Waals surface area contributed by atoms with Gasteiger partial charge in [0, 0.05) is 31.2 Å². The summed E-state index contributed by atoms with van der Waals surface area (Å²) in [7, 11) is 2.01. The van der Waals surface area contributed by atoms with Gasteiger partial charge in [-0.1, -0.05) is 0 Å². The fourth-order valence-electron chi connectivity index (χ4n) is 1.95. The lowest BCUT2D eigenvalue weighted by molar-refractivity contribution is 0.604. The van der Waals surface area contributed by atoms with E-state index in [0.717, 1.165) is 24.3 Å². The number of rotatable bonds is 3. The molecule has 2 N–H and O–H groups in total. The predicted octanol–water partition coefficient (Wildman–Crippen LogP) is 1.10. The van der Waals surface area contributed by atoms with Crippen molar-refractivity contribution >= 4 is 5.78 Å². The summed E-state index contributed by atoms with van der Waals surface area (Å²) in [5, 5.41) is 0. The Balaban J connectivity index is 1.79. The monoisotopic (exact) mass is 204 g/mol. The zero-order valence-electron chi connectivity index (χ0n) is 8.98. The van der Waals surface area contributed by atoms with Gasteiger partial charge in [-0.15, -0.1) is 0 Å². The molecule has 0 aliphatic heterocycles. The molecule has 2 aromatic rings. The molecular weight excluding hydrogens is 188 g/mol. The van der Waals surface area contributed by atoms with Gasteiger partial charge in [-0.3, -0.25) is 4.40 Å². The van der Waals surface area contributed by atoms with E-state index in [1.165, 1.54) is 12.8 Å². The summed E-state index contributed by atoms with van der Waals surface area (Å²) in [5.74, 6) is 1.01. The lowest BCUT2D eigenvalue weighted by atomic mass is 10.1. The van der Waals surface area contributed by atoms with Crippen LogP contribution in [0.1, 0.15) is 25.0 Å². The molecule has 0 unspecified atom stereocenters. The van der Waals surface area contributed by atoms with Gasteiger partial charge in [0.1, 0.15) is 0 Å². The maximum absolute atomic E-state index is 6.05. The van der Waals surface area contributed by atoms with Crippen molar-refractivity contribution in [3.8, 4) is 0 Å². The number of imidazole rings is 2. The molecule has 1 aliphatic rings. The molecule has 0 atom stereocenters. The second-order valence-electron chi connectivity index (χ2n) is 4.71. The average Bonchev–Trinajstić information content (AvgIpc) is 2.69. The summed E-state index contributed by atoms with van der Waals surface area (Å²) in [6.07, 6.45) is 10.6. The molecule has 2 heterocycles. The Bertz CT molecular complexity index is 490. The zero-order chi connectivity index (χ0) is 10.5. The average molecular weight is 204 g/mol. The third-order valence-electron chi connectivity index (χ3n) is 3.30. The molecule has 15 heavy (non-hydrogen) atoms. The van der Waals surface area contributed by atoms with Crippen LogP contribution in [0.25, 0.3) is 5.78 Å². The van der Waals surface area contributed by atoms with E-state index in [9.17, 15) is 0 Å². The van der Waals surface area contributed by atoms with Crippen LogP contribution in [0.5, 0.6) is 0 Å². The highest BCUT2D eigenvalue weighted by Crippen LogP contribution is 2.36. The van der Waals surface area contributed by atoms with Crippen molar-refractivity contribution in [2.24, 2.45) is 12.8 Å². The molecule has 3 rings (SSSR count). The molecule has 1 saturated carbocycles. The number of hydrogen-bond donors (Lipinski definition) is 1. The van der Waals surface area contributed by atoms with Crippen molar-refractivity contribution in [1.82, 2.24) is 14.0 Å². The molecule has 1 aliphatic carbocycles. The molecule has 0 spiro atoms. The number of aryl methyl sites for hydroxylation is 2. The van der Waals surface area contributed by atoms with Crippen molar-refractivity contribution in [3.63, 3.8) is 0 Å². The van der Waals surface area contributed by atoms with Crippen LogP contribution in [-0.4, -0.2) is 19.5 Å². The number of aromatic nitrogens is 3. The second kappa shape index (κ2) is 2.85. The third-order valence-corrected chi connectivity index (χ3v) is 3.30. The van der Waals surface area contributed by atoms with Crippen LogP contribution in [0.4, 0.5) is 0 Å². The van der Waals surface area contributed by atoms with Gasteiger partial charge in [0.25, 0.3) is 0 Å². The molecule has 4 nitrogen and oxygen atoms in total. The molecule has 0 aromatic carbocycles. The fraction of sp³-hybridized carbons (Fsp3) is 0.545. The highest BCUT2D eigenvalue weighted by Gasteiger charge is 2.37. The minimum Gasteiger partial charge on any atom is -0.325 e. The number of nitrogens with two attached hydrogens (primary N) is 1. The van der Waals surface area contributed by atoms with E-state index in [1.807, 2.05) is 24.0 Å². The van der Waals surface area contributed by atoms with Crippen molar-refractivity contribution in [2.75, 3.05) is 0 Å². The third kappa shape index (κ3) is 1.55. The van der Waals surface area contributed by atoms with Gasteiger partial charge in [0.15, 0.2) is 0 Å². The smallest absolute Gasteiger partial charge is 0.213 e. The van der Waals surface area contributed by atoms with E-state index in [4.69, 9.17) is 5.73 Å². The highest BCUT2D eigenvalue weighted by molar-refractivity contribution is 5.32. The Kier molecular flexibility index (Phi) is 1.71. The van der Waals surface area contributed by atoms with E-state index in [0.29, 0.717) is 0 Å². The van der Waals surface area contributed by atoms with Crippen molar-refractivity contribution < 1.29 is 0 Å². The van der Waals surface area contributed by atoms with Gasteiger partial charge in [-0.25, -0.2) is 4.98 Å². The largest absolute Gasteiger partial charge is 0.325 e. The molecule has 80 valence electrons. The summed E-state index contributed by atoms with van der Waals surface area (Å²) in [6.45, 7) is 0. The predicted molar refractivity (Wildman–Crippen MR) is 58.6 cm³/mol. The first-order valence-electron chi connectivity index (χ1n) is 5.44. The minimum absolute atomic E-state index is 0.135. The van der Waals surface area contributed by atoms with Gasteiger partial charge in [0.05, 0.1) is 5.69 Å². The second-order valence-corrected chi connectivity index (χ2v) is 4.71. The van der Waals surface area contributed by atoms with Crippen molar-refractivity contribution in [3.05, 3.63) is 24.3 Å². The molecule has 0 amide bonds. The van der Waals surface area contributed by atoms with E-state index in [-0.39, 0.29) is 5.54 Å². The van der Waals surface area contributed by atoms with Crippen LogP contribution in [0.15, 0.2) is 18.6 Å². The number of fused-ring (bicyclic) bond motifs is 1. The first kappa shape index (κ1) is 8.97. The highest BCUT2D eigenvalue weighted by atomic mass is 15.2. The first-order valence-corrected chi connectivity index (χ1v) is 5.44.